The molecular weight excluding hydrogens is 366 g/mol. The van der Waals surface area contributed by atoms with Crippen LogP contribution in [0.4, 0.5) is 10.5 Å². The van der Waals surface area contributed by atoms with E-state index in [1.807, 2.05) is 36.9 Å². The van der Waals surface area contributed by atoms with Crippen LogP contribution in [0.2, 0.25) is 5.02 Å². The van der Waals surface area contributed by atoms with Gasteiger partial charge in [-0.25, -0.2) is 9.79 Å². The third-order valence-electron chi connectivity index (χ3n) is 5.64. The first-order valence-electron chi connectivity index (χ1n) is 9.41. The van der Waals surface area contributed by atoms with Crippen LogP contribution >= 0.6 is 11.6 Å². The highest BCUT2D eigenvalue weighted by Gasteiger charge is 2.54. The van der Waals surface area contributed by atoms with E-state index in [4.69, 9.17) is 16.6 Å². The summed E-state index contributed by atoms with van der Waals surface area (Å²) in [5, 5.41) is 0.705. The number of urea groups is 1. The van der Waals surface area contributed by atoms with Crippen molar-refractivity contribution >= 4 is 35.2 Å². The number of amides is 3. The number of fused-ring (bicyclic) bond motifs is 3. The zero-order valence-electron chi connectivity index (χ0n) is 15.9. The molecule has 0 radical (unpaired) electrons. The first-order valence-corrected chi connectivity index (χ1v) is 9.78. The molecule has 3 amide bonds. The van der Waals surface area contributed by atoms with Gasteiger partial charge in [-0.05, 0) is 31.0 Å². The Bertz CT molecular complexity index is 826. The third-order valence-corrected chi connectivity index (χ3v) is 6.05. The van der Waals surface area contributed by atoms with Crippen molar-refractivity contribution in [2.75, 3.05) is 31.6 Å². The molecule has 0 aliphatic carbocycles. The van der Waals surface area contributed by atoms with Crippen LogP contribution in [0.3, 0.4) is 0 Å². The van der Waals surface area contributed by atoms with E-state index in [0.717, 1.165) is 36.6 Å². The van der Waals surface area contributed by atoms with E-state index in [9.17, 15) is 9.59 Å². The maximum absolute atomic E-state index is 13.1. The summed E-state index contributed by atoms with van der Waals surface area (Å²) in [6, 6.07) is 5.10. The van der Waals surface area contributed by atoms with Crippen molar-refractivity contribution < 1.29 is 9.59 Å². The van der Waals surface area contributed by atoms with Crippen molar-refractivity contribution in [1.82, 2.24) is 14.7 Å². The van der Waals surface area contributed by atoms with E-state index < -0.39 is 12.2 Å². The molecule has 4 rings (SSSR count). The molecule has 1 aromatic carbocycles. The molecule has 144 valence electrons. The van der Waals surface area contributed by atoms with Gasteiger partial charge < -0.3 is 14.7 Å². The number of likely N-dealkylation sites (N-methyl/N-ethyl adjacent to an activating group) is 1. The van der Waals surface area contributed by atoms with Crippen LogP contribution < -0.4 is 4.90 Å². The molecule has 2 atom stereocenters. The molecule has 0 saturated carbocycles. The van der Waals surface area contributed by atoms with Crippen LogP contribution in [-0.2, 0) is 4.79 Å². The average molecular weight is 390 g/mol. The van der Waals surface area contributed by atoms with Crippen LogP contribution in [0.25, 0.3) is 0 Å². The second-order valence-electron chi connectivity index (χ2n) is 7.25. The molecule has 2 unspecified atom stereocenters. The predicted molar refractivity (Wildman–Crippen MR) is 105 cm³/mol. The van der Waals surface area contributed by atoms with E-state index in [0.29, 0.717) is 18.1 Å². The minimum Gasteiger partial charge on any atom is -0.325 e. The number of rotatable bonds is 4. The van der Waals surface area contributed by atoms with E-state index in [2.05, 4.69) is 4.90 Å². The van der Waals surface area contributed by atoms with Gasteiger partial charge in [0, 0.05) is 37.4 Å². The highest BCUT2D eigenvalue weighted by atomic mass is 35.5. The number of aliphatic imine (C=N–C) groups is 1. The number of unbranched alkanes of at least 4 members (excludes halogenated alkanes) is 1. The number of hydrogen-bond acceptors (Lipinski definition) is 5. The normalized spacial score (nSPS) is 24.5. The quantitative estimate of drug-likeness (QED) is 0.794. The molecular formula is C19H24ClN5O2. The van der Waals surface area contributed by atoms with Crippen molar-refractivity contribution in [2.24, 2.45) is 4.99 Å². The number of halogens is 1. The molecule has 8 heteroatoms. The van der Waals surface area contributed by atoms with Gasteiger partial charge in [0.05, 0.1) is 0 Å². The van der Waals surface area contributed by atoms with Crippen LogP contribution in [0.1, 0.15) is 25.3 Å². The largest absolute Gasteiger partial charge is 0.328 e. The summed E-state index contributed by atoms with van der Waals surface area (Å²) in [7, 11) is 1.73. The summed E-state index contributed by atoms with van der Waals surface area (Å²) in [6.07, 6.45) is 1.27. The molecule has 0 bridgehead atoms. The Kier molecular flexibility index (Phi) is 4.50. The standard InChI is InChI=1S/C19H24ClN5O2/c1-4-5-9-25-17(26)15-16(22(3)19(25)27)21-18-23(10-11-24(15)18)14-8-6-7-13(20)12(14)2/h6-8,15-16H,4-5,9-11H2,1-3H3. The summed E-state index contributed by atoms with van der Waals surface area (Å²) in [6.45, 7) is 5.93. The Morgan fingerprint density at radius 3 is 2.78 bits per heavy atom. The Morgan fingerprint density at radius 2 is 2.04 bits per heavy atom. The number of hydrogen-bond donors (Lipinski definition) is 0. The number of anilines is 1. The van der Waals surface area contributed by atoms with Gasteiger partial charge in [-0.1, -0.05) is 31.0 Å². The summed E-state index contributed by atoms with van der Waals surface area (Å²) in [5.74, 6) is 0.612. The Morgan fingerprint density at radius 1 is 1.26 bits per heavy atom. The summed E-state index contributed by atoms with van der Waals surface area (Å²) in [5.41, 5.74) is 1.98. The molecule has 1 aromatic rings. The monoisotopic (exact) mass is 389 g/mol. The first kappa shape index (κ1) is 18.1. The lowest BCUT2D eigenvalue weighted by Gasteiger charge is -2.40. The van der Waals surface area contributed by atoms with Gasteiger partial charge in [-0.2, -0.15) is 0 Å². The zero-order chi connectivity index (χ0) is 19.3. The minimum atomic E-state index is -0.472. The number of carbonyl (C=O) groups excluding carboxylic acids is 2. The van der Waals surface area contributed by atoms with E-state index >= 15 is 0 Å². The fourth-order valence-electron chi connectivity index (χ4n) is 4.08. The van der Waals surface area contributed by atoms with Crippen LogP contribution in [0.15, 0.2) is 23.2 Å². The van der Waals surface area contributed by atoms with Crippen LogP contribution in [0, 0.1) is 6.92 Å². The second kappa shape index (κ2) is 6.71. The smallest absolute Gasteiger partial charge is 0.325 e. The summed E-state index contributed by atoms with van der Waals surface area (Å²) < 4.78 is 0. The average Bonchev–Trinajstić information content (AvgIpc) is 3.21. The third kappa shape index (κ3) is 2.67. The van der Waals surface area contributed by atoms with Gasteiger partial charge in [-0.15, -0.1) is 0 Å². The molecule has 7 nitrogen and oxygen atoms in total. The van der Waals surface area contributed by atoms with Crippen molar-refractivity contribution in [3.05, 3.63) is 28.8 Å². The molecule has 0 aromatic heterocycles. The number of carbonyl (C=O) groups is 2. The zero-order valence-corrected chi connectivity index (χ0v) is 16.6. The maximum atomic E-state index is 13.1. The summed E-state index contributed by atoms with van der Waals surface area (Å²) in [4.78, 5) is 37.7. The molecule has 3 aliphatic rings. The topological polar surface area (TPSA) is 59.5 Å². The Hall–Kier alpha value is -2.28. The summed E-state index contributed by atoms with van der Waals surface area (Å²) >= 11 is 6.30. The maximum Gasteiger partial charge on any atom is 0.328 e. The number of nitrogens with zero attached hydrogens (tertiary/aromatic N) is 5. The molecule has 3 heterocycles. The molecule has 3 aliphatic heterocycles. The molecule has 0 spiro atoms. The van der Waals surface area contributed by atoms with Crippen LogP contribution in [-0.4, -0.2) is 71.5 Å². The Labute approximate surface area is 164 Å². The fraction of sp³-hybridized carbons (Fsp3) is 0.526. The predicted octanol–water partition coefficient (Wildman–Crippen LogP) is 2.53. The number of guanidine groups is 1. The molecule has 2 saturated heterocycles. The van der Waals surface area contributed by atoms with E-state index in [1.165, 1.54) is 4.90 Å². The van der Waals surface area contributed by atoms with Crippen molar-refractivity contribution in [3.63, 3.8) is 0 Å². The highest BCUT2D eigenvalue weighted by Crippen LogP contribution is 2.35. The molecule has 27 heavy (non-hydrogen) atoms. The van der Waals surface area contributed by atoms with Crippen molar-refractivity contribution in [3.8, 4) is 0 Å². The molecule has 2 fully saturated rings. The minimum absolute atomic E-state index is 0.139. The van der Waals surface area contributed by atoms with E-state index in [1.54, 1.807) is 11.9 Å². The van der Waals surface area contributed by atoms with Gasteiger partial charge in [0.25, 0.3) is 5.91 Å². The van der Waals surface area contributed by atoms with Crippen LogP contribution in [0.5, 0.6) is 0 Å². The second-order valence-corrected chi connectivity index (χ2v) is 7.66. The Balaban J connectivity index is 1.66. The SMILES string of the molecule is CCCCN1C(=O)C2C(N=C3N(c4cccc(Cl)c4C)CCN32)N(C)C1=O. The lowest BCUT2D eigenvalue weighted by molar-refractivity contribution is -0.137. The first-order chi connectivity index (χ1) is 13.0. The lowest BCUT2D eigenvalue weighted by Crippen LogP contribution is -2.64. The fourth-order valence-corrected chi connectivity index (χ4v) is 4.25. The van der Waals surface area contributed by atoms with Gasteiger partial charge in [0.2, 0.25) is 5.96 Å². The highest BCUT2D eigenvalue weighted by molar-refractivity contribution is 6.31. The van der Waals surface area contributed by atoms with Gasteiger partial charge in [0.15, 0.2) is 12.2 Å². The van der Waals surface area contributed by atoms with Crippen molar-refractivity contribution in [2.45, 2.75) is 38.9 Å². The van der Waals surface area contributed by atoms with Crippen molar-refractivity contribution in [1.29, 1.82) is 0 Å². The number of imide groups is 1. The lowest BCUT2D eigenvalue weighted by atomic mass is 10.1. The van der Waals surface area contributed by atoms with Gasteiger partial charge in [-0.3, -0.25) is 9.69 Å². The molecule has 0 N–H and O–H groups in total. The van der Waals surface area contributed by atoms with Gasteiger partial charge >= 0.3 is 6.03 Å². The van der Waals surface area contributed by atoms with E-state index in [-0.39, 0.29) is 11.9 Å². The van der Waals surface area contributed by atoms with Gasteiger partial charge in [0.1, 0.15) is 0 Å². The number of benzene rings is 1.